The lowest BCUT2D eigenvalue weighted by atomic mass is 10.0. The van der Waals surface area contributed by atoms with E-state index in [4.69, 9.17) is 9.47 Å². The molecule has 3 aromatic rings. The topological polar surface area (TPSA) is 97.8 Å². The van der Waals surface area contributed by atoms with Crippen LogP contribution in [0.1, 0.15) is 27.2 Å². The SMILES string of the molecule is Cc1nc(-c2ccc3c(c2)N(C(C)C(=O)c2ccc4c(c2)NC(=O)CO4)C(=O)CO3)c(C)s1. The van der Waals surface area contributed by atoms with Crippen molar-refractivity contribution in [2.45, 2.75) is 26.8 Å². The van der Waals surface area contributed by atoms with Crippen molar-refractivity contribution in [1.29, 1.82) is 0 Å². The second kappa shape index (κ2) is 8.00. The summed E-state index contributed by atoms with van der Waals surface area (Å²) in [6.45, 7) is 5.44. The van der Waals surface area contributed by atoms with Crippen LogP contribution < -0.4 is 19.7 Å². The molecule has 8 nitrogen and oxygen atoms in total. The van der Waals surface area contributed by atoms with Crippen LogP contribution in [0, 0.1) is 13.8 Å². The van der Waals surface area contributed by atoms with Crippen LogP contribution in [0.25, 0.3) is 11.3 Å². The molecule has 0 saturated heterocycles. The van der Waals surface area contributed by atoms with E-state index in [9.17, 15) is 14.4 Å². The predicted molar refractivity (Wildman–Crippen MR) is 124 cm³/mol. The third-order valence-electron chi connectivity index (χ3n) is 5.68. The minimum Gasteiger partial charge on any atom is -0.482 e. The quantitative estimate of drug-likeness (QED) is 0.592. The number of thiazole rings is 1. The van der Waals surface area contributed by atoms with Crippen LogP contribution in [0.15, 0.2) is 36.4 Å². The summed E-state index contributed by atoms with van der Waals surface area (Å²) in [6, 6.07) is 9.64. The lowest BCUT2D eigenvalue weighted by Gasteiger charge is -2.33. The number of aryl methyl sites for hydroxylation is 2. The highest BCUT2D eigenvalue weighted by atomic mass is 32.1. The first-order chi connectivity index (χ1) is 15.8. The first kappa shape index (κ1) is 21.1. The summed E-state index contributed by atoms with van der Waals surface area (Å²) in [7, 11) is 0. The van der Waals surface area contributed by atoms with Crippen molar-refractivity contribution in [2.75, 3.05) is 23.4 Å². The highest BCUT2D eigenvalue weighted by Crippen LogP contribution is 2.39. The summed E-state index contributed by atoms with van der Waals surface area (Å²) in [5.74, 6) is 0.197. The molecule has 5 rings (SSSR count). The van der Waals surface area contributed by atoms with Gasteiger partial charge < -0.3 is 14.8 Å². The van der Waals surface area contributed by atoms with Gasteiger partial charge in [0.15, 0.2) is 19.0 Å². The number of benzene rings is 2. The molecule has 2 aromatic carbocycles. The van der Waals surface area contributed by atoms with Gasteiger partial charge in [-0.15, -0.1) is 11.3 Å². The summed E-state index contributed by atoms with van der Waals surface area (Å²) in [5, 5.41) is 3.66. The fourth-order valence-electron chi connectivity index (χ4n) is 4.13. The number of anilines is 2. The van der Waals surface area contributed by atoms with Crippen molar-refractivity contribution in [2.24, 2.45) is 0 Å². The van der Waals surface area contributed by atoms with Gasteiger partial charge in [-0.25, -0.2) is 4.98 Å². The molecule has 0 bridgehead atoms. The Morgan fingerprint density at radius 3 is 2.61 bits per heavy atom. The maximum Gasteiger partial charge on any atom is 0.265 e. The third-order valence-corrected chi connectivity index (χ3v) is 6.57. The molecule has 1 atom stereocenters. The molecule has 168 valence electrons. The predicted octanol–water partition coefficient (Wildman–Crippen LogP) is 3.75. The number of carbonyl (C=O) groups excluding carboxylic acids is 3. The van der Waals surface area contributed by atoms with Gasteiger partial charge in [-0.3, -0.25) is 19.3 Å². The van der Waals surface area contributed by atoms with Gasteiger partial charge in [-0.05, 0) is 57.2 Å². The summed E-state index contributed by atoms with van der Waals surface area (Å²) in [6.07, 6.45) is 0. The molecule has 0 aliphatic carbocycles. The van der Waals surface area contributed by atoms with Crippen molar-refractivity contribution in [3.63, 3.8) is 0 Å². The standard InChI is InChI=1S/C24H21N3O5S/c1-12(24(30)16-5-6-19-17(8-16)26-21(28)10-31-19)27-18-9-15(23-13(2)33-14(3)25-23)4-7-20(18)32-11-22(27)29/h4-9,12H,10-11H2,1-3H3,(H,26,28). The van der Waals surface area contributed by atoms with Crippen molar-refractivity contribution in [3.05, 3.63) is 51.8 Å². The Bertz CT molecular complexity index is 1320. The molecule has 3 heterocycles. The zero-order valence-electron chi connectivity index (χ0n) is 18.3. The van der Waals surface area contributed by atoms with Crippen LogP contribution in [0.5, 0.6) is 11.5 Å². The Kier molecular flexibility index (Phi) is 5.13. The maximum atomic E-state index is 13.4. The first-order valence-electron chi connectivity index (χ1n) is 10.5. The van der Waals surface area contributed by atoms with E-state index in [1.165, 1.54) is 4.90 Å². The highest BCUT2D eigenvalue weighted by molar-refractivity contribution is 7.11. The number of aromatic nitrogens is 1. The van der Waals surface area contributed by atoms with Crippen LogP contribution in [0.4, 0.5) is 11.4 Å². The Balaban J connectivity index is 1.50. The van der Waals surface area contributed by atoms with Crippen LogP contribution in [-0.4, -0.2) is 41.8 Å². The number of ether oxygens (including phenoxy) is 2. The molecular formula is C24H21N3O5S. The van der Waals surface area contributed by atoms with Crippen LogP contribution in [0.3, 0.4) is 0 Å². The van der Waals surface area contributed by atoms with E-state index in [0.717, 1.165) is 21.1 Å². The molecule has 1 N–H and O–H groups in total. The van der Waals surface area contributed by atoms with E-state index in [2.05, 4.69) is 10.3 Å². The number of nitrogens with one attached hydrogen (secondary N) is 1. The van der Waals surface area contributed by atoms with Crippen molar-refractivity contribution in [3.8, 4) is 22.8 Å². The van der Waals surface area contributed by atoms with E-state index < -0.39 is 6.04 Å². The number of nitrogens with zero attached hydrogens (tertiary/aromatic N) is 2. The number of Topliss-reactive ketones (excluding diaryl/α,β-unsaturated/α-hetero) is 1. The molecule has 0 fully saturated rings. The van der Waals surface area contributed by atoms with Crippen molar-refractivity contribution < 1.29 is 23.9 Å². The van der Waals surface area contributed by atoms with Crippen molar-refractivity contribution >= 4 is 40.3 Å². The molecule has 9 heteroatoms. The fourth-order valence-corrected chi connectivity index (χ4v) is 4.97. The van der Waals surface area contributed by atoms with E-state index >= 15 is 0 Å². The van der Waals surface area contributed by atoms with Gasteiger partial charge in [0, 0.05) is 16.0 Å². The van der Waals surface area contributed by atoms with Gasteiger partial charge in [-0.2, -0.15) is 0 Å². The Morgan fingerprint density at radius 1 is 1.09 bits per heavy atom. The number of ketones is 1. The third kappa shape index (κ3) is 3.74. The van der Waals surface area contributed by atoms with Gasteiger partial charge >= 0.3 is 0 Å². The Morgan fingerprint density at radius 2 is 1.85 bits per heavy atom. The summed E-state index contributed by atoms with van der Waals surface area (Å²) >= 11 is 1.61. The smallest absolute Gasteiger partial charge is 0.265 e. The number of fused-ring (bicyclic) bond motifs is 2. The molecule has 2 aliphatic rings. The van der Waals surface area contributed by atoms with Crippen LogP contribution in [-0.2, 0) is 9.59 Å². The average Bonchev–Trinajstić information content (AvgIpc) is 3.15. The van der Waals surface area contributed by atoms with Crippen LogP contribution in [0.2, 0.25) is 0 Å². The summed E-state index contributed by atoms with van der Waals surface area (Å²) in [5.41, 5.74) is 3.05. The Hall–Kier alpha value is -3.72. The molecule has 0 radical (unpaired) electrons. The first-order valence-corrected chi connectivity index (χ1v) is 11.3. The molecule has 33 heavy (non-hydrogen) atoms. The number of rotatable bonds is 4. The minimum absolute atomic E-state index is 0.0594. The van der Waals surface area contributed by atoms with E-state index in [-0.39, 0.29) is 30.8 Å². The van der Waals surface area contributed by atoms with E-state index in [1.54, 1.807) is 42.5 Å². The largest absolute Gasteiger partial charge is 0.482 e. The van der Waals surface area contributed by atoms with Gasteiger partial charge in [0.1, 0.15) is 11.5 Å². The van der Waals surface area contributed by atoms with Gasteiger partial charge in [0.2, 0.25) is 0 Å². The summed E-state index contributed by atoms with van der Waals surface area (Å²) < 4.78 is 11.0. The molecule has 1 unspecified atom stereocenters. The zero-order chi connectivity index (χ0) is 23.3. The summed E-state index contributed by atoms with van der Waals surface area (Å²) in [4.78, 5) is 45.1. The zero-order valence-corrected chi connectivity index (χ0v) is 19.1. The Labute approximate surface area is 194 Å². The van der Waals surface area contributed by atoms with Crippen molar-refractivity contribution in [1.82, 2.24) is 4.98 Å². The number of hydrogen-bond acceptors (Lipinski definition) is 7. The van der Waals surface area contributed by atoms with Gasteiger partial charge in [-0.1, -0.05) is 0 Å². The lowest BCUT2D eigenvalue weighted by molar-refractivity contribution is -0.121. The van der Waals surface area contributed by atoms with Gasteiger partial charge in [0.25, 0.3) is 11.8 Å². The molecule has 0 saturated carbocycles. The normalized spacial score (nSPS) is 15.7. The fraction of sp³-hybridized carbons (Fsp3) is 0.250. The van der Waals surface area contributed by atoms with Crippen LogP contribution >= 0.6 is 11.3 Å². The van der Waals surface area contributed by atoms with E-state index in [0.29, 0.717) is 28.4 Å². The number of carbonyl (C=O) groups is 3. The average molecular weight is 464 g/mol. The van der Waals surface area contributed by atoms with Gasteiger partial charge in [0.05, 0.1) is 28.1 Å². The van der Waals surface area contributed by atoms with E-state index in [1.807, 2.05) is 26.0 Å². The number of hydrogen-bond donors (Lipinski definition) is 1. The molecule has 0 spiro atoms. The minimum atomic E-state index is -0.785. The monoisotopic (exact) mass is 463 g/mol. The maximum absolute atomic E-state index is 13.4. The lowest BCUT2D eigenvalue weighted by Crippen LogP contribution is -2.48. The highest BCUT2D eigenvalue weighted by Gasteiger charge is 2.34. The second-order valence-electron chi connectivity index (χ2n) is 7.96. The molecule has 1 aromatic heterocycles. The number of amides is 2. The second-order valence-corrected chi connectivity index (χ2v) is 9.37. The molecular weight excluding hydrogens is 442 g/mol. The molecule has 2 amide bonds. The molecule has 2 aliphatic heterocycles.